The highest BCUT2D eigenvalue weighted by atomic mass is 16.6. The third-order valence-electron chi connectivity index (χ3n) is 12.4. The molecule has 2 heterocycles. The van der Waals surface area contributed by atoms with E-state index in [-0.39, 0.29) is 35.9 Å². The van der Waals surface area contributed by atoms with Gasteiger partial charge >= 0.3 is 11.7 Å². The quantitative estimate of drug-likeness (QED) is 0.0951. The molecule has 7 rings (SSSR count). The van der Waals surface area contributed by atoms with Gasteiger partial charge in [-0.15, -0.1) is 0 Å². The van der Waals surface area contributed by atoms with E-state index in [1.807, 2.05) is 133 Å². The second kappa shape index (κ2) is 21.1. The number of carbonyl (C=O) groups is 2. The molecule has 0 radical (unpaired) electrons. The molecule has 322 valence electrons. The summed E-state index contributed by atoms with van der Waals surface area (Å²) in [4.78, 5) is 42.8. The number of para-hydroxylation sites is 2. The molecular formula is C53H61N5O4. The van der Waals surface area contributed by atoms with E-state index < -0.39 is 11.0 Å². The van der Waals surface area contributed by atoms with Crippen LogP contribution in [0.15, 0.2) is 150 Å². The number of likely N-dealkylation sites (tertiary alicyclic amines) is 1. The molecule has 1 aliphatic heterocycles. The van der Waals surface area contributed by atoms with Crippen LogP contribution < -0.4 is 5.69 Å². The van der Waals surface area contributed by atoms with Crippen molar-refractivity contribution in [1.29, 1.82) is 5.26 Å². The van der Waals surface area contributed by atoms with E-state index in [4.69, 9.17) is 4.74 Å². The Bertz CT molecular complexity index is 2410. The first-order chi connectivity index (χ1) is 30.1. The molecule has 1 aromatic heterocycles. The number of nitriles is 1. The van der Waals surface area contributed by atoms with Gasteiger partial charge in [-0.3, -0.25) is 14.2 Å². The smallest absolute Gasteiger partial charge is 0.336 e. The van der Waals surface area contributed by atoms with Crippen molar-refractivity contribution in [3.63, 3.8) is 0 Å². The van der Waals surface area contributed by atoms with E-state index in [0.29, 0.717) is 24.8 Å². The molecule has 0 aliphatic carbocycles. The highest BCUT2D eigenvalue weighted by Gasteiger charge is 2.42. The summed E-state index contributed by atoms with van der Waals surface area (Å²) >= 11 is 0. The first-order valence-electron chi connectivity index (χ1n) is 22.0. The van der Waals surface area contributed by atoms with Gasteiger partial charge in [0.2, 0.25) is 5.91 Å². The van der Waals surface area contributed by atoms with Gasteiger partial charge in [-0.25, -0.2) is 9.36 Å². The summed E-state index contributed by atoms with van der Waals surface area (Å²) in [5.74, 6) is -0.196. The summed E-state index contributed by atoms with van der Waals surface area (Å²) in [5, 5.41) is 10.5. The average Bonchev–Trinajstić information content (AvgIpc) is 3.61. The van der Waals surface area contributed by atoms with Gasteiger partial charge in [0.05, 0.1) is 17.1 Å². The molecule has 0 spiro atoms. The topological polar surface area (TPSA) is 101 Å². The molecule has 0 unspecified atom stereocenters. The first-order valence-corrected chi connectivity index (χ1v) is 22.0. The molecular weight excluding hydrogens is 771 g/mol. The Morgan fingerprint density at radius 2 is 1.24 bits per heavy atom. The third-order valence-corrected chi connectivity index (χ3v) is 12.4. The van der Waals surface area contributed by atoms with Gasteiger partial charge in [0.15, 0.2) is 0 Å². The fourth-order valence-electron chi connectivity index (χ4n) is 9.08. The fourth-order valence-corrected chi connectivity index (χ4v) is 9.08. The summed E-state index contributed by atoms with van der Waals surface area (Å²) < 4.78 is 9.34. The van der Waals surface area contributed by atoms with Crippen molar-refractivity contribution in [2.45, 2.75) is 76.4 Å². The number of hydrogen-bond acceptors (Lipinski definition) is 7. The van der Waals surface area contributed by atoms with E-state index in [0.717, 1.165) is 61.2 Å². The van der Waals surface area contributed by atoms with Crippen LogP contribution in [-0.4, -0.2) is 71.1 Å². The largest absolute Gasteiger partial charge is 0.453 e. The van der Waals surface area contributed by atoms with Crippen molar-refractivity contribution in [3.8, 4) is 6.07 Å². The molecule has 9 heteroatoms. The number of nitrogens with zero attached hydrogens (tertiary/aromatic N) is 5. The second-order valence-electron chi connectivity index (χ2n) is 16.7. The van der Waals surface area contributed by atoms with E-state index >= 15 is 0 Å². The normalized spacial score (nSPS) is 14.9. The number of piperidine rings is 1. The second-order valence-corrected chi connectivity index (χ2v) is 16.7. The zero-order valence-electron chi connectivity index (χ0n) is 37.0. The lowest BCUT2D eigenvalue weighted by atomic mass is 9.73. The molecule has 0 amide bonds. The predicted molar refractivity (Wildman–Crippen MR) is 248 cm³/mol. The Morgan fingerprint density at radius 1 is 0.742 bits per heavy atom. The highest BCUT2D eigenvalue weighted by molar-refractivity contribution is 5.90. The van der Waals surface area contributed by atoms with Crippen LogP contribution in [0.2, 0.25) is 0 Å². The average molecular weight is 832 g/mol. The van der Waals surface area contributed by atoms with Crippen LogP contribution in [0.5, 0.6) is 0 Å². The van der Waals surface area contributed by atoms with Crippen molar-refractivity contribution < 1.29 is 14.3 Å². The number of benzene rings is 5. The molecule has 5 aromatic carbocycles. The molecule has 0 saturated carbocycles. The van der Waals surface area contributed by atoms with Crippen molar-refractivity contribution in [1.82, 2.24) is 18.9 Å². The summed E-state index contributed by atoms with van der Waals surface area (Å²) in [6, 6.07) is 50.8. The SMILES string of the molecule is CCC(=O)O[C@](Cc1ccccc1)(c1ccccc1)[C@H](C)CN(C)C.CCC(=O)n1c(=O)n(C2CCN(CCC(C#N)(c3ccccc3)c3ccccc3)CC2)c2ccccc21. The number of imidazole rings is 1. The summed E-state index contributed by atoms with van der Waals surface area (Å²) in [6.07, 6.45) is 3.66. The van der Waals surface area contributed by atoms with Crippen molar-refractivity contribution in [2.24, 2.45) is 5.92 Å². The summed E-state index contributed by atoms with van der Waals surface area (Å²) in [5.41, 5.74) is 4.12. The van der Waals surface area contributed by atoms with Gasteiger partial charge < -0.3 is 14.5 Å². The van der Waals surface area contributed by atoms with Gasteiger partial charge in [-0.05, 0) is 67.7 Å². The van der Waals surface area contributed by atoms with Crippen LogP contribution in [0.4, 0.5) is 0 Å². The molecule has 1 aliphatic rings. The number of carbonyl (C=O) groups excluding carboxylic acids is 2. The van der Waals surface area contributed by atoms with Gasteiger partial charge in [-0.1, -0.05) is 154 Å². The number of ether oxygens (including phenoxy) is 1. The Morgan fingerprint density at radius 3 is 1.74 bits per heavy atom. The minimum absolute atomic E-state index is 0.0449. The molecule has 0 bridgehead atoms. The monoisotopic (exact) mass is 831 g/mol. The lowest BCUT2D eigenvalue weighted by Crippen LogP contribution is -2.44. The van der Waals surface area contributed by atoms with E-state index in [1.165, 1.54) is 10.1 Å². The zero-order valence-corrected chi connectivity index (χ0v) is 37.0. The van der Waals surface area contributed by atoms with Crippen molar-refractivity contribution in [2.75, 3.05) is 40.3 Å². The molecule has 0 N–H and O–H groups in total. The molecule has 62 heavy (non-hydrogen) atoms. The van der Waals surface area contributed by atoms with Crippen LogP contribution in [-0.2, 0) is 27.0 Å². The molecule has 9 nitrogen and oxygen atoms in total. The Balaban J connectivity index is 0.000000224. The first kappa shape index (κ1) is 45.4. The zero-order chi connectivity index (χ0) is 44.1. The number of aromatic nitrogens is 2. The van der Waals surface area contributed by atoms with E-state index in [1.54, 1.807) is 6.92 Å². The van der Waals surface area contributed by atoms with E-state index in [9.17, 15) is 19.6 Å². The summed E-state index contributed by atoms with van der Waals surface area (Å²) in [6.45, 7) is 9.09. The van der Waals surface area contributed by atoms with Gasteiger partial charge in [0.25, 0.3) is 0 Å². The van der Waals surface area contributed by atoms with Crippen LogP contribution in [0.25, 0.3) is 11.0 Å². The Hall–Kier alpha value is -6.08. The minimum atomic E-state index is -0.718. The van der Waals surface area contributed by atoms with Crippen LogP contribution >= 0.6 is 0 Å². The Labute approximate surface area is 367 Å². The summed E-state index contributed by atoms with van der Waals surface area (Å²) in [7, 11) is 4.10. The maximum absolute atomic E-state index is 13.3. The molecule has 1 fully saturated rings. The van der Waals surface area contributed by atoms with E-state index in [2.05, 4.69) is 61.2 Å². The van der Waals surface area contributed by atoms with Crippen molar-refractivity contribution in [3.05, 3.63) is 178 Å². The fraction of sp³-hybridized carbons (Fsp3) is 0.358. The maximum Gasteiger partial charge on any atom is 0.336 e. The minimum Gasteiger partial charge on any atom is -0.453 e. The van der Waals surface area contributed by atoms with Crippen LogP contribution in [0.3, 0.4) is 0 Å². The lowest BCUT2D eigenvalue weighted by molar-refractivity contribution is -0.168. The Kier molecular flexibility index (Phi) is 15.5. The standard InChI is InChI=1S/C31H32N4O2.C22H29NO2/c1-2-29(36)35-28-16-10-9-15-27(28)34(30(35)37)26-17-20-33(21-18-26)22-19-31(23-32,24-11-5-3-6-12-24)25-13-7-4-8-14-25;1-5-21(24)25-22(18(2)17-23(3)4,20-14-10-7-11-15-20)16-19-12-8-6-9-13-19/h3-16,26H,2,17-22H2,1H3;6-15,18H,5,16-17H2,1-4H3/t;18-,22+/m.1/s1. The highest BCUT2D eigenvalue weighted by Crippen LogP contribution is 2.39. The number of fused-ring (bicyclic) bond motifs is 1. The van der Waals surface area contributed by atoms with Crippen molar-refractivity contribution >= 4 is 22.9 Å². The molecule has 1 saturated heterocycles. The number of esters is 1. The third kappa shape index (κ3) is 10.2. The lowest BCUT2D eigenvalue weighted by Gasteiger charge is -2.40. The predicted octanol–water partition coefficient (Wildman–Crippen LogP) is 9.67. The van der Waals surface area contributed by atoms with Crippen LogP contribution in [0, 0.1) is 17.2 Å². The van der Waals surface area contributed by atoms with Gasteiger partial charge in [0, 0.05) is 57.4 Å². The van der Waals surface area contributed by atoms with Gasteiger partial charge in [-0.2, -0.15) is 5.26 Å². The maximum atomic E-state index is 13.3. The number of hydrogen-bond donors (Lipinski definition) is 0. The molecule has 2 atom stereocenters. The van der Waals surface area contributed by atoms with Gasteiger partial charge in [0.1, 0.15) is 11.0 Å². The van der Waals surface area contributed by atoms with Crippen LogP contribution in [0.1, 0.15) is 86.0 Å². The number of rotatable bonds is 15. The molecule has 6 aromatic rings.